The van der Waals surface area contributed by atoms with Gasteiger partial charge in [-0.25, -0.2) is 4.79 Å². The topological polar surface area (TPSA) is 99.1 Å². The van der Waals surface area contributed by atoms with E-state index in [4.69, 9.17) is 14.2 Å². The number of nitrogens with one attached hydrogen (secondary N) is 1. The summed E-state index contributed by atoms with van der Waals surface area (Å²) in [5.74, 6) is 0.617. The van der Waals surface area contributed by atoms with Crippen LogP contribution in [-0.2, 0) is 21.4 Å². The van der Waals surface area contributed by atoms with Crippen molar-refractivity contribution in [3.63, 3.8) is 0 Å². The van der Waals surface area contributed by atoms with Gasteiger partial charge in [-0.1, -0.05) is 26.0 Å². The van der Waals surface area contributed by atoms with Gasteiger partial charge in [0.1, 0.15) is 11.4 Å². The molecule has 1 saturated heterocycles. The van der Waals surface area contributed by atoms with Gasteiger partial charge in [-0.05, 0) is 87.4 Å². The Morgan fingerprint density at radius 2 is 1.75 bits per heavy atom. The van der Waals surface area contributed by atoms with Crippen LogP contribution < -0.4 is 10.1 Å². The number of Topliss-reactive ketones (excluding diaryl/α,β-unsaturated/α-hetero) is 1. The maximum Gasteiger partial charge on any atom is 0.410 e. The predicted octanol–water partition coefficient (Wildman–Crippen LogP) is 5.95. The summed E-state index contributed by atoms with van der Waals surface area (Å²) in [6.45, 7) is 13.6. The first-order valence-electron chi connectivity index (χ1n) is 15.3. The second-order valence-corrected chi connectivity index (χ2v) is 14.2. The molecule has 3 aromatic rings. The fraction of sp³-hybridized carbons (Fsp3) is 0.514. The normalized spacial score (nSPS) is 21.3. The molecule has 1 aromatic heterocycles. The zero-order chi connectivity index (χ0) is 32.0. The molecule has 0 saturated carbocycles. The lowest BCUT2D eigenvalue weighted by atomic mass is 9.62. The number of aromatic nitrogens is 1. The lowest BCUT2D eigenvalue weighted by Gasteiger charge is -2.41. The van der Waals surface area contributed by atoms with Crippen LogP contribution >= 0.6 is 0 Å². The van der Waals surface area contributed by atoms with Crippen molar-refractivity contribution >= 4 is 28.7 Å². The van der Waals surface area contributed by atoms with Gasteiger partial charge in [0.25, 0.3) is 5.91 Å². The number of ketones is 1. The molecule has 1 aliphatic heterocycles. The Hall–Kier alpha value is -3.85. The molecule has 2 atom stereocenters. The van der Waals surface area contributed by atoms with Crippen LogP contribution in [0.5, 0.6) is 5.75 Å². The first-order valence-corrected chi connectivity index (χ1v) is 15.3. The number of carbonyl (C=O) groups excluding carboxylic acids is 3. The van der Waals surface area contributed by atoms with E-state index in [0.717, 1.165) is 27.8 Å². The standard InChI is InChI=1S/C35H45N3O6/c1-33(2,3)44-32(41)37-16-15-24(19-37)36-31(40)23-11-14-27-26(17-23)28-29(30(39)35(6,21-42-7)20-34(28,4)5)38(27)18-22-9-12-25(43-8)13-10-22/h9-14,17,24H,15-16,18-21H2,1-8H3,(H,36,40). The number of ether oxygens (including phenoxy) is 3. The minimum Gasteiger partial charge on any atom is -0.497 e. The largest absolute Gasteiger partial charge is 0.497 e. The number of hydrogen-bond acceptors (Lipinski definition) is 6. The van der Waals surface area contributed by atoms with Gasteiger partial charge in [0.15, 0.2) is 5.78 Å². The van der Waals surface area contributed by atoms with E-state index < -0.39 is 11.0 Å². The van der Waals surface area contributed by atoms with Gasteiger partial charge in [0.05, 0.1) is 24.8 Å². The molecule has 0 radical (unpaired) electrons. The molecule has 44 heavy (non-hydrogen) atoms. The molecule has 9 nitrogen and oxygen atoms in total. The Morgan fingerprint density at radius 1 is 1.05 bits per heavy atom. The van der Waals surface area contributed by atoms with Gasteiger partial charge in [0, 0.05) is 49.3 Å². The quantitative estimate of drug-likeness (QED) is 0.358. The highest BCUT2D eigenvalue weighted by molar-refractivity contribution is 6.09. The summed E-state index contributed by atoms with van der Waals surface area (Å²) >= 11 is 0. The lowest BCUT2D eigenvalue weighted by Crippen LogP contribution is -2.45. The van der Waals surface area contributed by atoms with E-state index in [1.54, 1.807) is 19.1 Å². The van der Waals surface area contributed by atoms with E-state index in [1.807, 2.05) is 70.2 Å². The van der Waals surface area contributed by atoms with Gasteiger partial charge >= 0.3 is 6.09 Å². The number of benzene rings is 2. The van der Waals surface area contributed by atoms with Crippen LogP contribution in [0.3, 0.4) is 0 Å². The number of nitrogens with zero attached hydrogens (tertiary/aromatic N) is 2. The first-order chi connectivity index (χ1) is 20.7. The minimum absolute atomic E-state index is 0.0533. The van der Waals surface area contributed by atoms with Crippen LogP contribution in [0.4, 0.5) is 4.79 Å². The number of amides is 2. The zero-order valence-corrected chi connectivity index (χ0v) is 27.2. The molecule has 5 rings (SSSR count). The average Bonchev–Trinajstić information content (AvgIpc) is 3.54. The average molecular weight is 604 g/mol. The SMILES string of the molecule is COCC1(C)CC(C)(C)c2c(n(Cc3ccc(OC)cc3)c3ccc(C(=O)NC4CCN(C(=O)OC(C)(C)C)C4)cc23)C1=O. The van der Waals surface area contributed by atoms with Crippen molar-refractivity contribution in [3.05, 3.63) is 64.8 Å². The third-order valence-electron chi connectivity index (χ3n) is 8.74. The number of methoxy groups -OCH3 is 2. The van der Waals surface area contributed by atoms with Crippen LogP contribution in [0.15, 0.2) is 42.5 Å². The van der Waals surface area contributed by atoms with Crippen LogP contribution in [0.2, 0.25) is 0 Å². The van der Waals surface area contributed by atoms with E-state index in [9.17, 15) is 14.4 Å². The van der Waals surface area contributed by atoms with E-state index in [0.29, 0.717) is 50.3 Å². The molecule has 2 aliphatic rings. The third kappa shape index (κ3) is 6.07. The van der Waals surface area contributed by atoms with Crippen LogP contribution in [-0.4, -0.2) is 72.8 Å². The molecule has 2 unspecified atom stereocenters. The zero-order valence-electron chi connectivity index (χ0n) is 27.2. The molecule has 1 fully saturated rings. The highest BCUT2D eigenvalue weighted by Crippen LogP contribution is 2.50. The minimum atomic E-state index is -0.681. The summed E-state index contributed by atoms with van der Waals surface area (Å²) in [4.78, 5) is 42.0. The Balaban J connectivity index is 1.50. The maximum absolute atomic E-state index is 14.3. The maximum atomic E-state index is 14.3. The molecular formula is C35H45N3O6. The second kappa shape index (κ2) is 11.6. The molecule has 0 spiro atoms. The van der Waals surface area contributed by atoms with Crippen molar-refractivity contribution < 1.29 is 28.6 Å². The number of carbonyl (C=O) groups is 3. The van der Waals surface area contributed by atoms with E-state index in [1.165, 1.54) is 0 Å². The molecule has 0 bridgehead atoms. The van der Waals surface area contributed by atoms with Crippen molar-refractivity contribution in [1.82, 2.24) is 14.8 Å². The Kier molecular flexibility index (Phi) is 8.31. The van der Waals surface area contributed by atoms with Gasteiger partial charge in [-0.3, -0.25) is 9.59 Å². The molecule has 236 valence electrons. The van der Waals surface area contributed by atoms with Gasteiger partial charge in [-0.15, -0.1) is 0 Å². The summed E-state index contributed by atoms with van der Waals surface area (Å²) in [5.41, 5.74) is 2.49. The number of fused-ring (bicyclic) bond motifs is 3. The molecule has 2 aromatic carbocycles. The highest BCUT2D eigenvalue weighted by atomic mass is 16.6. The summed E-state index contributed by atoms with van der Waals surface area (Å²) < 4.78 is 18.5. The first kappa shape index (κ1) is 31.6. The van der Waals surface area contributed by atoms with E-state index in [2.05, 4.69) is 23.7 Å². The van der Waals surface area contributed by atoms with Gasteiger partial charge < -0.3 is 29.0 Å². The second-order valence-electron chi connectivity index (χ2n) is 14.2. The van der Waals surface area contributed by atoms with Crippen LogP contribution in [0.1, 0.15) is 86.4 Å². The van der Waals surface area contributed by atoms with E-state index >= 15 is 0 Å². The molecule has 2 amide bonds. The van der Waals surface area contributed by atoms with Gasteiger partial charge in [-0.2, -0.15) is 0 Å². The molecule has 1 N–H and O–H groups in total. The van der Waals surface area contributed by atoms with E-state index in [-0.39, 0.29) is 29.2 Å². The Labute approximate surface area is 259 Å². The van der Waals surface area contributed by atoms with Crippen molar-refractivity contribution in [3.8, 4) is 5.75 Å². The van der Waals surface area contributed by atoms with Crippen molar-refractivity contribution in [2.75, 3.05) is 33.9 Å². The highest BCUT2D eigenvalue weighted by Gasteiger charge is 2.49. The molecule has 1 aliphatic carbocycles. The fourth-order valence-electron chi connectivity index (χ4n) is 7.00. The fourth-order valence-corrected chi connectivity index (χ4v) is 7.00. The van der Waals surface area contributed by atoms with Crippen molar-refractivity contribution in [1.29, 1.82) is 0 Å². The van der Waals surface area contributed by atoms with Crippen molar-refractivity contribution in [2.45, 2.75) is 78.0 Å². The number of rotatable bonds is 7. The lowest BCUT2D eigenvalue weighted by molar-refractivity contribution is 0.0289. The van der Waals surface area contributed by atoms with Gasteiger partial charge in [0.2, 0.25) is 0 Å². The Morgan fingerprint density at radius 3 is 2.39 bits per heavy atom. The summed E-state index contributed by atoms with van der Waals surface area (Å²) in [5, 5.41) is 4.02. The van der Waals surface area contributed by atoms with Crippen molar-refractivity contribution in [2.24, 2.45) is 5.41 Å². The predicted molar refractivity (Wildman–Crippen MR) is 170 cm³/mol. The smallest absolute Gasteiger partial charge is 0.410 e. The summed E-state index contributed by atoms with van der Waals surface area (Å²) in [7, 11) is 3.27. The molecular weight excluding hydrogens is 558 g/mol. The summed E-state index contributed by atoms with van der Waals surface area (Å²) in [6.07, 6.45) is 0.911. The molecule has 9 heteroatoms. The third-order valence-corrected chi connectivity index (χ3v) is 8.74. The number of hydrogen-bond donors (Lipinski definition) is 1. The Bertz CT molecular complexity index is 1580. The van der Waals surface area contributed by atoms with Crippen LogP contribution in [0, 0.1) is 5.41 Å². The number of likely N-dealkylation sites (tertiary alicyclic amines) is 1. The summed E-state index contributed by atoms with van der Waals surface area (Å²) in [6, 6.07) is 13.4. The molecule has 2 heterocycles. The van der Waals surface area contributed by atoms with Crippen LogP contribution in [0.25, 0.3) is 10.9 Å². The monoisotopic (exact) mass is 603 g/mol.